The van der Waals surface area contributed by atoms with Gasteiger partial charge in [0.25, 0.3) is 5.91 Å². The Morgan fingerprint density at radius 1 is 1.12 bits per heavy atom. The Hall–Kier alpha value is -3.33. The molecule has 0 saturated heterocycles. The molecule has 3 rings (SSSR count). The lowest BCUT2D eigenvalue weighted by Crippen LogP contribution is -2.31. The zero-order chi connectivity index (χ0) is 24.4. The number of rotatable bonds is 10. The SMILES string of the molecule is CC/C(=N\OCc1ccc(C(F)(F)F)cc1)c1ccc(OCC(=O)NCC2=CCOCC2)cc1. The number of hydrogen-bond donors (Lipinski definition) is 1. The second-order valence-electron chi connectivity index (χ2n) is 7.64. The van der Waals surface area contributed by atoms with E-state index in [0.717, 1.165) is 29.7 Å². The first-order chi connectivity index (χ1) is 16.3. The molecule has 2 aromatic carbocycles. The van der Waals surface area contributed by atoms with Crippen LogP contribution in [0, 0.1) is 0 Å². The topological polar surface area (TPSA) is 69.2 Å². The second kappa shape index (κ2) is 12.2. The summed E-state index contributed by atoms with van der Waals surface area (Å²) in [5.74, 6) is 0.342. The highest BCUT2D eigenvalue weighted by Gasteiger charge is 2.29. The van der Waals surface area contributed by atoms with Crippen LogP contribution in [-0.2, 0) is 27.2 Å². The highest BCUT2D eigenvalue weighted by Crippen LogP contribution is 2.29. The van der Waals surface area contributed by atoms with Crippen LogP contribution in [0.1, 0.15) is 36.5 Å². The van der Waals surface area contributed by atoms with Crippen LogP contribution in [-0.4, -0.2) is 38.0 Å². The van der Waals surface area contributed by atoms with Crippen molar-refractivity contribution in [3.05, 3.63) is 76.9 Å². The van der Waals surface area contributed by atoms with Crippen molar-refractivity contribution in [2.45, 2.75) is 32.5 Å². The van der Waals surface area contributed by atoms with E-state index in [2.05, 4.69) is 10.5 Å². The molecule has 0 radical (unpaired) electrons. The quantitative estimate of drug-likeness (QED) is 0.302. The second-order valence-corrected chi connectivity index (χ2v) is 7.64. The number of halogens is 3. The first-order valence-electron chi connectivity index (χ1n) is 11.0. The standard InChI is InChI=1S/C25H27F3N2O4/c1-2-23(30-34-16-19-3-7-21(8-4-19)25(26,27)28)20-5-9-22(10-6-20)33-17-24(31)29-15-18-11-13-32-14-12-18/h3-11H,2,12-17H2,1H3,(H,29,31)/b30-23+. The van der Waals surface area contributed by atoms with E-state index in [1.165, 1.54) is 12.1 Å². The van der Waals surface area contributed by atoms with Gasteiger partial charge in [-0.15, -0.1) is 0 Å². The molecule has 0 fully saturated rings. The largest absolute Gasteiger partial charge is 0.484 e. The summed E-state index contributed by atoms with van der Waals surface area (Å²) in [5, 5.41) is 6.96. The van der Waals surface area contributed by atoms with Crippen molar-refractivity contribution in [1.29, 1.82) is 0 Å². The summed E-state index contributed by atoms with van der Waals surface area (Å²) < 4.78 is 48.7. The third kappa shape index (κ3) is 7.91. The van der Waals surface area contributed by atoms with Crippen LogP contribution in [0.15, 0.2) is 65.3 Å². The van der Waals surface area contributed by atoms with Crippen molar-refractivity contribution in [3.8, 4) is 5.75 Å². The van der Waals surface area contributed by atoms with E-state index < -0.39 is 11.7 Å². The first kappa shape index (κ1) is 25.3. The van der Waals surface area contributed by atoms with E-state index in [1.54, 1.807) is 12.1 Å². The van der Waals surface area contributed by atoms with Gasteiger partial charge in [-0.25, -0.2) is 0 Å². The van der Waals surface area contributed by atoms with Gasteiger partial charge in [0, 0.05) is 6.54 Å². The highest BCUT2D eigenvalue weighted by atomic mass is 19.4. The third-order valence-electron chi connectivity index (χ3n) is 5.15. The van der Waals surface area contributed by atoms with Gasteiger partial charge in [0.1, 0.15) is 12.4 Å². The molecule has 1 amide bonds. The maximum absolute atomic E-state index is 12.6. The lowest BCUT2D eigenvalue weighted by atomic mass is 10.1. The maximum Gasteiger partial charge on any atom is 0.416 e. The third-order valence-corrected chi connectivity index (χ3v) is 5.15. The molecule has 0 bridgehead atoms. The van der Waals surface area contributed by atoms with Crippen LogP contribution in [0.5, 0.6) is 5.75 Å². The van der Waals surface area contributed by atoms with E-state index in [-0.39, 0.29) is 19.1 Å². The van der Waals surface area contributed by atoms with Crippen molar-refractivity contribution in [1.82, 2.24) is 5.32 Å². The molecule has 1 aliphatic rings. The molecule has 0 spiro atoms. The summed E-state index contributed by atoms with van der Waals surface area (Å²) in [7, 11) is 0. The Morgan fingerprint density at radius 2 is 1.85 bits per heavy atom. The molecule has 0 unspecified atom stereocenters. The van der Waals surface area contributed by atoms with Crippen molar-refractivity contribution in [2.75, 3.05) is 26.4 Å². The van der Waals surface area contributed by atoms with Crippen LogP contribution in [0.4, 0.5) is 13.2 Å². The molecule has 34 heavy (non-hydrogen) atoms. The van der Waals surface area contributed by atoms with E-state index >= 15 is 0 Å². The van der Waals surface area contributed by atoms with Gasteiger partial charge >= 0.3 is 6.18 Å². The minimum atomic E-state index is -4.37. The predicted molar refractivity (Wildman–Crippen MR) is 122 cm³/mol. The van der Waals surface area contributed by atoms with Gasteiger partial charge in [-0.3, -0.25) is 4.79 Å². The summed E-state index contributed by atoms with van der Waals surface area (Å²) in [6, 6.07) is 11.9. The van der Waals surface area contributed by atoms with Gasteiger partial charge in [0.15, 0.2) is 6.61 Å². The zero-order valence-electron chi connectivity index (χ0n) is 18.9. The maximum atomic E-state index is 12.6. The van der Waals surface area contributed by atoms with Crippen LogP contribution in [0.3, 0.4) is 0 Å². The van der Waals surface area contributed by atoms with Gasteiger partial charge in [-0.2, -0.15) is 13.2 Å². The fraction of sp³-hybridized carbons (Fsp3) is 0.360. The highest BCUT2D eigenvalue weighted by molar-refractivity contribution is 6.00. The normalized spacial score (nSPS) is 14.4. The number of oxime groups is 1. The number of carbonyl (C=O) groups excluding carboxylic acids is 1. The number of nitrogens with zero attached hydrogens (tertiary/aromatic N) is 1. The molecule has 182 valence electrons. The van der Waals surface area contributed by atoms with E-state index in [1.807, 2.05) is 25.1 Å². The van der Waals surface area contributed by atoms with Gasteiger partial charge in [0.2, 0.25) is 0 Å². The summed E-state index contributed by atoms with van der Waals surface area (Å²) in [4.78, 5) is 17.3. The Bertz CT molecular complexity index is 1000. The van der Waals surface area contributed by atoms with E-state index in [4.69, 9.17) is 14.3 Å². The molecule has 6 nitrogen and oxygen atoms in total. The number of ether oxygens (including phenoxy) is 2. The van der Waals surface area contributed by atoms with Crippen LogP contribution in [0.25, 0.3) is 0 Å². The molecular formula is C25H27F3N2O4. The van der Waals surface area contributed by atoms with Gasteiger partial charge in [0.05, 0.1) is 24.5 Å². The van der Waals surface area contributed by atoms with Crippen LogP contribution < -0.4 is 10.1 Å². The predicted octanol–water partition coefficient (Wildman–Crippen LogP) is 4.88. The monoisotopic (exact) mass is 476 g/mol. The average molecular weight is 476 g/mol. The molecular weight excluding hydrogens is 449 g/mol. The number of hydrogen-bond acceptors (Lipinski definition) is 5. The minimum Gasteiger partial charge on any atom is -0.484 e. The molecule has 1 aliphatic heterocycles. The Kier molecular flexibility index (Phi) is 9.09. The fourth-order valence-electron chi connectivity index (χ4n) is 3.18. The van der Waals surface area contributed by atoms with Crippen molar-refractivity contribution in [2.24, 2.45) is 5.16 Å². The first-order valence-corrected chi connectivity index (χ1v) is 11.0. The molecule has 2 aromatic rings. The Balaban J connectivity index is 1.46. The van der Waals surface area contributed by atoms with Crippen LogP contribution >= 0.6 is 0 Å². The van der Waals surface area contributed by atoms with Gasteiger partial charge in [-0.1, -0.05) is 35.9 Å². The molecule has 0 atom stereocenters. The summed E-state index contributed by atoms with van der Waals surface area (Å²) >= 11 is 0. The van der Waals surface area contributed by atoms with Crippen molar-refractivity contribution >= 4 is 11.6 Å². The Morgan fingerprint density at radius 3 is 2.47 bits per heavy atom. The minimum absolute atomic E-state index is 0.0574. The van der Waals surface area contributed by atoms with E-state index in [0.29, 0.717) is 43.2 Å². The smallest absolute Gasteiger partial charge is 0.416 e. The molecule has 0 aromatic heterocycles. The van der Waals surface area contributed by atoms with Gasteiger partial charge in [-0.05, 0) is 60.4 Å². The summed E-state index contributed by atoms with van der Waals surface area (Å²) in [6.45, 7) is 3.64. The number of carbonyl (C=O) groups is 1. The molecule has 9 heteroatoms. The summed E-state index contributed by atoms with van der Waals surface area (Å²) in [5.41, 5.74) is 2.53. The number of benzene rings is 2. The fourth-order valence-corrected chi connectivity index (χ4v) is 3.18. The number of nitrogens with one attached hydrogen (secondary N) is 1. The molecule has 1 N–H and O–H groups in total. The average Bonchev–Trinajstić information content (AvgIpc) is 2.85. The zero-order valence-corrected chi connectivity index (χ0v) is 18.9. The number of alkyl halides is 3. The van der Waals surface area contributed by atoms with Gasteiger partial charge < -0.3 is 19.6 Å². The van der Waals surface area contributed by atoms with Crippen molar-refractivity contribution in [3.63, 3.8) is 0 Å². The van der Waals surface area contributed by atoms with Crippen molar-refractivity contribution < 1.29 is 32.3 Å². The molecule has 0 saturated carbocycles. The molecule has 1 heterocycles. The Labute approximate surface area is 196 Å². The summed E-state index contributed by atoms with van der Waals surface area (Å²) in [6.07, 6.45) is -0.979. The van der Waals surface area contributed by atoms with E-state index in [9.17, 15) is 18.0 Å². The lowest BCUT2D eigenvalue weighted by Gasteiger charge is -2.14. The molecule has 0 aliphatic carbocycles. The lowest BCUT2D eigenvalue weighted by molar-refractivity contribution is -0.137. The van der Waals surface area contributed by atoms with Crippen LogP contribution in [0.2, 0.25) is 0 Å². The number of amides is 1.